The summed E-state index contributed by atoms with van der Waals surface area (Å²) in [5, 5.41) is 0. The van der Waals surface area contributed by atoms with E-state index in [4.69, 9.17) is 4.74 Å². The van der Waals surface area contributed by atoms with Crippen molar-refractivity contribution in [2.45, 2.75) is 38.5 Å². The van der Waals surface area contributed by atoms with Gasteiger partial charge in [-0.1, -0.05) is 35.4 Å². The first-order valence-corrected chi connectivity index (χ1v) is 10.6. The number of rotatable bonds is 4. The molecule has 2 aromatic rings. The SMILES string of the molecule is Cc1ccc(S(=O)(=O)N2CCC(C(=O)Oc3ccc(C)cc3C)CC2)cc1. The van der Waals surface area contributed by atoms with E-state index in [0.717, 1.165) is 16.7 Å². The van der Waals surface area contributed by atoms with Gasteiger partial charge in [-0.2, -0.15) is 4.31 Å². The molecule has 1 heterocycles. The van der Waals surface area contributed by atoms with Gasteiger partial charge in [0.05, 0.1) is 10.8 Å². The van der Waals surface area contributed by atoms with E-state index >= 15 is 0 Å². The zero-order valence-electron chi connectivity index (χ0n) is 15.9. The lowest BCUT2D eigenvalue weighted by Gasteiger charge is -2.30. The van der Waals surface area contributed by atoms with Crippen molar-refractivity contribution in [3.05, 3.63) is 59.2 Å². The van der Waals surface area contributed by atoms with Crippen LogP contribution in [0.1, 0.15) is 29.5 Å². The van der Waals surface area contributed by atoms with E-state index in [2.05, 4.69) is 0 Å². The molecule has 1 fully saturated rings. The van der Waals surface area contributed by atoms with Crippen LogP contribution < -0.4 is 4.74 Å². The smallest absolute Gasteiger partial charge is 0.314 e. The van der Waals surface area contributed by atoms with Crippen LogP contribution in [0.25, 0.3) is 0 Å². The van der Waals surface area contributed by atoms with Crippen LogP contribution in [-0.4, -0.2) is 31.8 Å². The molecule has 0 aromatic heterocycles. The average Bonchev–Trinajstić information content (AvgIpc) is 2.64. The molecule has 0 unspecified atom stereocenters. The molecular formula is C21H25NO4S. The Bertz CT molecular complexity index is 927. The Hall–Kier alpha value is -2.18. The fourth-order valence-electron chi connectivity index (χ4n) is 3.30. The Morgan fingerprint density at radius 1 is 0.963 bits per heavy atom. The van der Waals surface area contributed by atoms with Gasteiger partial charge in [-0.05, 0) is 57.4 Å². The lowest BCUT2D eigenvalue weighted by Crippen LogP contribution is -2.41. The molecule has 3 rings (SSSR count). The second kappa shape index (κ2) is 7.82. The standard InChI is InChI=1S/C21H25NO4S/c1-15-4-7-19(8-5-15)27(24,25)22-12-10-18(11-13-22)21(23)26-20-9-6-16(2)14-17(20)3/h4-9,14,18H,10-13H2,1-3H3. The van der Waals surface area contributed by atoms with Crippen LogP contribution >= 0.6 is 0 Å². The Balaban J connectivity index is 1.62. The Kier molecular flexibility index (Phi) is 5.67. The van der Waals surface area contributed by atoms with Gasteiger partial charge in [0.25, 0.3) is 0 Å². The van der Waals surface area contributed by atoms with Crippen molar-refractivity contribution in [2.24, 2.45) is 5.92 Å². The van der Waals surface area contributed by atoms with Gasteiger partial charge in [0.1, 0.15) is 5.75 Å². The van der Waals surface area contributed by atoms with Gasteiger partial charge >= 0.3 is 5.97 Å². The number of carbonyl (C=O) groups excluding carboxylic acids is 1. The third-order valence-corrected chi connectivity index (χ3v) is 6.90. The number of esters is 1. The Labute approximate surface area is 161 Å². The van der Waals surface area contributed by atoms with Gasteiger partial charge in [0.15, 0.2) is 0 Å². The lowest BCUT2D eigenvalue weighted by atomic mass is 9.98. The van der Waals surface area contributed by atoms with E-state index in [1.54, 1.807) is 30.3 Å². The van der Waals surface area contributed by atoms with E-state index in [1.807, 2.05) is 32.9 Å². The van der Waals surface area contributed by atoms with Gasteiger partial charge in [-0.25, -0.2) is 8.42 Å². The van der Waals surface area contributed by atoms with E-state index in [9.17, 15) is 13.2 Å². The van der Waals surface area contributed by atoms with Crippen LogP contribution in [0.5, 0.6) is 5.75 Å². The predicted molar refractivity (Wildman–Crippen MR) is 104 cm³/mol. The maximum absolute atomic E-state index is 12.8. The van der Waals surface area contributed by atoms with Crippen molar-refractivity contribution in [3.63, 3.8) is 0 Å². The molecule has 6 heteroatoms. The summed E-state index contributed by atoms with van der Waals surface area (Å²) in [5.41, 5.74) is 3.05. The molecule has 2 aromatic carbocycles. The normalized spacial score (nSPS) is 16.3. The Morgan fingerprint density at radius 3 is 2.15 bits per heavy atom. The van der Waals surface area contributed by atoms with E-state index in [0.29, 0.717) is 36.6 Å². The lowest BCUT2D eigenvalue weighted by molar-refractivity contribution is -0.140. The van der Waals surface area contributed by atoms with E-state index in [1.165, 1.54) is 4.31 Å². The molecule has 144 valence electrons. The summed E-state index contributed by atoms with van der Waals surface area (Å²) in [7, 11) is -3.52. The van der Waals surface area contributed by atoms with Gasteiger partial charge < -0.3 is 4.74 Å². The van der Waals surface area contributed by atoms with Gasteiger partial charge in [-0.15, -0.1) is 0 Å². The van der Waals surface area contributed by atoms with Crippen molar-refractivity contribution >= 4 is 16.0 Å². The van der Waals surface area contributed by atoms with Crippen LogP contribution in [0, 0.1) is 26.7 Å². The van der Waals surface area contributed by atoms with Crippen LogP contribution in [0.3, 0.4) is 0 Å². The fourth-order valence-corrected chi connectivity index (χ4v) is 4.77. The minimum atomic E-state index is -3.52. The highest BCUT2D eigenvalue weighted by molar-refractivity contribution is 7.89. The van der Waals surface area contributed by atoms with Crippen LogP contribution in [0.15, 0.2) is 47.4 Å². The first kappa shape index (κ1) is 19.6. The average molecular weight is 388 g/mol. The minimum Gasteiger partial charge on any atom is -0.426 e. The van der Waals surface area contributed by atoms with Gasteiger partial charge in [-0.3, -0.25) is 4.79 Å². The zero-order valence-corrected chi connectivity index (χ0v) is 16.8. The van der Waals surface area contributed by atoms with Gasteiger partial charge in [0, 0.05) is 13.1 Å². The van der Waals surface area contributed by atoms with E-state index < -0.39 is 10.0 Å². The number of piperidine rings is 1. The second-order valence-electron chi connectivity index (χ2n) is 7.18. The number of ether oxygens (including phenoxy) is 1. The van der Waals surface area contributed by atoms with Gasteiger partial charge in [0.2, 0.25) is 10.0 Å². The first-order chi connectivity index (χ1) is 12.8. The maximum atomic E-state index is 12.8. The number of hydrogen-bond acceptors (Lipinski definition) is 4. The molecule has 0 amide bonds. The summed E-state index contributed by atoms with van der Waals surface area (Å²) in [6.45, 7) is 6.46. The maximum Gasteiger partial charge on any atom is 0.314 e. The first-order valence-electron chi connectivity index (χ1n) is 9.13. The molecule has 0 spiro atoms. The molecule has 0 atom stereocenters. The van der Waals surface area contributed by atoms with Crippen LogP contribution in [0.4, 0.5) is 0 Å². The quantitative estimate of drug-likeness (QED) is 0.594. The molecule has 0 aliphatic carbocycles. The summed E-state index contributed by atoms with van der Waals surface area (Å²) in [4.78, 5) is 12.8. The fraction of sp³-hybridized carbons (Fsp3) is 0.381. The van der Waals surface area contributed by atoms with Crippen LogP contribution in [-0.2, 0) is 14.8 Å². The van der Waals surface area contributed by atoms with Crippen LogP contribution in [0.2, 0.25) is 0 Å². The van der Waals surface area contributed by atoms with Crippen molar-refractivity contribution in [2.75, 3.05) is 13.1 Å². The summed E-state index contributed by atoms with van der Waals surface area (Å²) in [5.74, 6) is 0.00446. The number of hydrogen-bond donors (Lipinski definition) is 0. The highest BCUT2D eigenvalue weighted by Gasteiger charge is 2.33. The van der Waals surface area contributed by atoms with E-state index in [-0.39, 0.29) is 11.9 Å². The molecule has 5 nitrogen and oxygen atoms in total. The van der Waals surface area contributed by atoms with Crippen molar-refractivity contribution < 1.29 is 17.9 Å². The second-order valence-corrected chi connectivity index (χ2v) is 9.12. The monoisotopic (exact) mass is 387 g/mol. The summed E-state index contributed by atoms with van der Waals surface area (Å²) in [6.07, 6.45) is 0.934. The molecule has 0 N–H and O–H groups in total. The van der Waals surface area contributed by atoms with Crippen molar-refractivity contribution in [1.29, 1.82) is 0 Å². The third-order valence-electron chi connectivity index (χ3n) is 4.99. The number of carbonyl (C=O) groups is 1. The number of aryl methyl sites for hydroxylation is 3. The summed E-state index contributed by atoms with van der Waals surface area (Å²) in [6, 6.07) is 12.5. The third kappa shape index (κ3) is 4.39. The molecule has 1 saturated heterocycles. The molecule has 1 aliphatic rings. The minimum absolute atomic E-state index is 0.282. The number of sulfonamides is 1. The molecular weight excluding hydrogens is 362 g/mol. The van der Waals surface area contributed by atoms with Crippen molar-refractivity contribution in [1.82, 2.24) is 4.31 Å². The highest BCUT2D eigenvalue weighted by atomic mass is 32.2. The molecule has 0 radical (unpaired) electrons. The molecule has 27 heavy (non-hydrogen) atoms. The number of nitrogens with zero attached hydrogens (tertiary/aromatic N) is 1. The van der Waals surface area contributed by atoms with Crippen molar-refractivity contribution in [3.8, 4) is 5.75 Å². The summed E-state index contributed by atoms with van der Waals surface area (Å²) >= 11 is 0. The number of benzene rings is 2. The Morgan fingerprint density at radius 2 is 1.56 bits per heavy atom. The molecule has 0 saturated carbocycles. The topological polar surface area (TPSA) is 63.7 Å². The predicted octanol–water partition coefficient (Wildman–Crippen LogP) is 3.62. The molecule has 0 bridgehead atoms. The molecule has 1 aliphatic heterocycles. The zero-order chi connectivity index (χ0) is 19.6. The largest absolute Gasteiger partial charge is 0.426 e. The summed E-state index contributed by atoms with van der Waals surface area (Å²) < 4.78 is 32.5. The highest BCUT2D eigenvalue weighted by Crippen LogP contribution is 2.26.